The van der Waals surface area contributed by atoms with Crippen molar-refractivity contribution in [2.45, 2.75) is 26.3 Å². The Morgan fingerprint density at radius 2 is 2.06 bits per heavy atom. The van der Waals surface area contributed by atoms with Gasteiger partial charge in [-0.3, -0.25) is 4.98 Å². The summed E-state index contributed by atoms with van der Waals surface area (Å²) in [5.74, 6) is 0. The van der Waals surface area contributed by atoms with Crippen LogP contribution in [0.1, 0.15) is 24.1 Å². The monoisotopic (exact) mass is 306 g/mol. The summed E-state index contributed by atoms with van der Waals surface area (Å²) in [7, 11) is 0. The molecule has 1 N–H and O–H groups in total. The Morgan fingerprint density at radius 3 is 2.89 bits per heavy atom. The molecular formula is C15H19BrN2. The Morgan fingerprint density at radius 1 is 1.22 bits per heavy atom. The summed E-state index contributed by atoms with van der Waals surface area (Å²) >= 11 is 3.45. The summed E-state index contributed by atoms with van der Waals surface area (Å²) in [5, 5.41) is 5.86. The highest BCUT2D eigenvalue weighted by atomic mass is 79.9. The fourth-order valence-electron chi connectivity index (χ4n) is 2.11. The zero-order valence-electron chi connectivity index (χ0n) is 10.7. The van der Waals surface area contributed by atoms with Crippen LogP contribution < -0.4 is 5.32 Å². The zero-order valence-corrected chi connectivity index (χ0v) is 12.3. The smallest absolute Gasteiger partial charge is 0.0708 e. The molecule has 0 atom stereocenters. The molecule has 2 rings (SSSR count). The molecule has 0 amide bonds. The number of nitrogens with zero attached hydrogens (tertiary/aromatic N) is 1. The summed E-state index contributed by atoms with van der Waals surface area (Å²) in [4.78, 5) is 4.56. The first-order valence-corrected chi connectivity index (χ1v) is 7.55. The second kappa shape index (κ2) is 6.86. The van der Waals surface area contributed by atoms with Gasteiger partial charge in [0.15, 0.2) is 0 Å². The lowest BCUT2D eigenvalue weighted by molar-refractivity contribution is 0.646. The molecule has 0 fully saturated rings. The van der Waals surface area contributed by atoms with E-state index in [1.54, 1.807) is 0 Å². The van der Waals surface area contributed by atoms with E-state index >= 15 is 0 Å². The largest absolute Gasteiger partial charge is 0.313 e. The van der Waals surface area contributed by atoms with Crippen molar-refractivity contribution in [1.29, 1.82) is 0 Å². The second-order valence-corrected chi connectivity index (χ2v) is 5.31. The van der Waals surface area contributed by atoms with Gasteiger partial charge in [0.1, 0.15) is 0 Å². The SMILES string of the molecule is Cc1cc(CNCCCCBr)c2ccccc2n1. The normalized spacial score (nSPS) is 11.0. The maximum absolute atomic E-state index is 4.56. The van der Waals surface area contributed by atoms with Crippen molar-refractivity contribution in [1.82, 2.24) is 10.3 Å². The van der Waals surface area contributed by atoms with Crippen LogP contribution in [0.25, 0.3) is 10.9 Å². The van der Waals surface area contributed by atoms with Crippen LogP contribution in [-0.2, 0) is 6.54 Å². The van der Waals surface area contributed by atoms with Crippen molar-refractivity contribution in [2.75, 3.05) is 11.9 Å². The van der Waals surface area contributed by atoms with Crippen molar-refractivity contribution in [3.63, 3.8) is 0 Å². The Balaban J connectivity index is 2.07. The average Bonchev–Trinajstić information content (AvgIpc) is 2.38. The number of hydrogen-bond acceptors (Lipinski definition) is 2. The van der Waals surface area contributed by atoms with Crippen molar-refractivity contribution < 1.29 is 0 Å². The number of unbranched alkanes of at least 4 members (excludes halogenated alkanes) is 1. The quantitative estimate of drug-likeness (QED) is 0.648. The number of benzene rings is 1. The van der Waals surface area contributed by atoms with Crippen LogP contribution in [0.5, 0.6) is 0 Å². The fraction of sp³-hybridized carbons (Fsp3) is 0.400. The number of aryl methyl sites for hydroxylation is 1. The summed E-state index contributed by atoms with van der Waals surface area (Å²) in [6.07, 6.45) is 2.44. The standard InChI is InChI=1S/C15H19BrN2/c1-12-10-13(11-17-9-5-4-8-16)14-6-2-3-7-15(14)18-12/h2-3,6-7,10,17H,4-5,8-9,11H2,1H3. The molecule has 96 valence electrons. The van der Waals surface area contributed by atoms with Crippen LogP contribution in [0.4, 0.5) is 0 Å². The van der Waals surface area contributed by atoms with Gasteiger partial charge in [0.05, 0.1) is 5.52 Å². The highest BCUT2D eigenvalue weighted by Crippen LogP contribution is 2.17. The molecule has 2 aromatic rings. The van der Waals surface area contributed by atoms with Gasteiger partial charge < -0.3 is 5.32 Å². The lowest BCUT2D eigenvalue weighted by Gasteiger charge is -2.09. The molecule has 0 unspecified atom stereocenters. The minimum Gasteiger partial charge on any atom is -0.313 e. The highest BCUT2D eigenvalue weighted by Gasteiger charge is 2.02. The van der Waals surface area contributed by atoms with E-state index in [4.69, 9.17) is 0 Å². The molecule has 0 aliphatic carbocycles. The molecule has 1 aromatic carbocycles. The summed E-state index contributed by atoms with van der Waals surface area (Å²) in [6, 6.07) is 10.5. The Hall–Kier alpha value is -0.930. The number of pyridine rings is 1. The highest BCUT2D eigenvalue weighted by molar-refractivity contribution is 9.09. The van der Waals surface area contributed by atoms with E-state index in [-0.39, 0.29) is 0 Å². The van der Waals surface area contributed by atoms with Crippen LogP contribution in [-0.4, -0.2) is 16.9 Å². The molecule has 1 aromatic heterocycles. The fourth-order valence-corrected chi connectivity index (χ4v) is 2.51. The van der Waals surface area contributed by atoms with Gasteiger partial charge in [-0.2, -0.15) is 0 Å². The van der Waals surface area contributed by atoms with Gasteiger partial charge in [0, 0.05) is 23.0 Å². The minimum absolute atomic E-state index is 0.923. The molecule has 0 bridgehead atoms. The van der Waals surface area contributed by atoms with Crippen LogP contribution in [0, 0.1) is 6.92 Å². The first-order valence-electron chi connectivity index (χ1n) is 6.43. The van der Waals surface area contributed by atoms with Gasteiger partial charge in [0.25, 0.3) is 0 Å². The number of para-hydroxylation sites is 1. The first-order chi connectivity index (χ1) is 8.81. The van der Waals surface area contributed by atoms with E-state index < -0.39 is 0 Å². The minimum atomic E-state index is 0.923. The third-order valence-electron chi connectivity index (χ3n) is 2.98. The molecule has 0 spiro atoms. The molecule has 18 heavy (non-hydrogen) atoms. The second-order valence-electron chi connectivity index (χ2n) is 4.51. The average molecular weight is 307 g/mol. The topological polar surface area (TPSA) is 24.9 Å². The van der Waals surface area contributed by atoms with E-state index in [1.807, 2.05) is 6.07 Å². The third kappa shape index (κ3) is 3.53. The lowest BCUT2D eigenvalue weighted by atomic mass is 10.1. The van der Waals surface area contributed by atoms with Crippen LogP contribution in [0.15, 0.2) is 30.3 Å². The van der Waals surface area contributed by atoms with Crippen LogP contribution >= 0.6 is 15.9 Å². The maximum Gasteiger partial charge on any atom is 0.0708 e. The molecule has 3 heteroatoms. The lowest BCUT2D eigenvalue weighted by Crippen LogP contribution is -2.15. The van der Waals surface area contributed by atoms with Crippen molar-refractivity contribution in [3.05, 3.63) is 41.6 Å². The first kappa shape index (κ1) is 13.5. The number of alkyl halides is 1. The number of halogens is 1. The summed E-state index contributed by atoms with van der Waals surface area (Å²) < 4.78 is 0. The van der Waals surface area contributed by atoms with Gasteiger partial charge in [-0.15, -0.1) is 0 Å². The van der Waals surface area contributed by atoms with Crippen LogP contribution in [0.2, 0.25) is 0 Å². The molecule has 0 aliphatic rings. The van der Waals surface area contributed by atoms with Gasteiger partial charge in [0.2, 0.25) is 0 Å². The van der Waals surface area contributed by atoms with Crippen molar-refractivity contribution >= 4 is 26.8 Å². The van der Waals surface area contributed by atoms with Crippen LogP contribution in [0.3, 0.4) is 0 Å². The molecule has 0 aliphatic heterocycles. The maximum atomic E-state index is 4.56. The van der Waals surface area contributed by atoms with E-state index in [2.05, 4.69) is 57.4 Å². The molecule has 0 radical (unpaired) electrons. The molecule has 0 saturated carbocycles. The number of rotatable bonds is 6. The molecular weight excluding hydrogens is 288 g/mol. The van der Waals surface area contributed by atoms with Gasteiger partial charge in [-0.25, -0.2) is 0 Å². The van der Waals surface area contributed by atoms with Crippen molar-refractivity contribution in [2.24, 2.45) is 0 Å². The van der Waals surface area contributed by atoms with E-state index in [9.17, 15) is 0 Å². The van der Waals surface area contributed by atoms with E-state index in [0.717, 1.165) is 29.6 Å². The zero-order chi connectivity index (χ0) is 12.8. The van der Waals surface area contributed by atoms with Gasteiger partial charge >= 0.3 is 0 Å². The van der Waals surface area contributed by atoms with Gasteiger partial charge in [-0.05, 0) is 44.0 Å². The number of nitrogens with one attached hydrogen (secondary N) is 1. The number of aromatic nitrogens is 1. The van der Waals surface area contributed by atoms with E-state index in [1.165, 1.54) is 23.8 Å². The predicted molar refractivity (Wildman–Crippen MR) is 81.2 cm³/mol. The Bertz CT molecular complexity index is 511. The Kier molecular flexibility index (Phi) is 5.14. The summed E-state index contributed by atoms with van der Waals surface area (Å²) in [6.45, 7) is 4.05. The summed E-state index contributed by atoms with van der Waals surface area (Å²) in [5.41, 5.74) is 3.53. The number of hydrogen-bond donors (Lipinski definition) is 1. The molecule has 1 heterocycles. The van der Waals surface area contributed by atoms with Crippen molar-refractivity contribution in [3.8, 4) is 0 Å². The number of fused-ring (bicyclic) bond motifs is 1. The predicted octanol–water partition coefficient (Wildman–Crippen LogP) is 3.81. The Labute approximate surface area is 117 Å². The third-order valence-corrected chi connectivity index (χ3v) is 3.54. The molecule has 0 saturated heterocycles. The molecule has 2 nitrogen and oxygen atoms in total. The van der Waals surface area contributed by atoms with Gasteiger partial charge in [-0.1, -0.05) is 34.1 Å². The van der Waals surface area contributed by atoms with E-state index in [0.29, 0.717) is 0 Å².